The summed E-state index contributed by atoms with van der Waals surface area (Å²) in [6.45, 7) is 3.89. The Morgan fingerprint density at radius 2 is 1.89 bits per heavy atom. The summed E-state index contributed by atoms with van der Waals surface area (Å²) in [5.41, 5.74) is 3.18. The summed E-state index contributed by atoms with van der Waals surface area (Å²) in [6, 6.07) is 15.6. The van der Waals surface area contributed by atoms with Crippen LogP contribution < -0.4 is 14.8 Å². The molecule has 1 N–H and O–H groups in total. The first-order chi connectivity index (χ1) is 13.0. The van der Waals surface area contributed by atoms with Crippen LogP contribution in [0, 0.1) is 13.8 Å². The number of methoxy groups -OCH3 is 1. The van der Waals surface area contributed by atoms with Crippen LogP contribution in [0.5, 0.6) is 11.5 Å². The number of amides is 1. The van der Waals surface area contributed by atoms with Gasteiger partial charge in [-0.3, -0.25) is 10.1 Å². The second kappa shape index (κ2) is 8.68. The maximum atomic E-state index is 12.1. The summed E-state index contributed by atoms with van der Waals surface area (Å²) >= 11 is 1.49. The molecule has 0 atom stereocenters. The van der Waals surface area contributed by atoms with Crippen LogP contribution in [0.2, 0.25) is 0 Å². The van der Waals surface area contributed by atoms with Gasteiger partial charge in [-0.25, -0.2) is 4.98 Å². The number of aromatic nitrogens is 1. The second-order valence-electron chi connectivity index (χ2n) is 6.21. The summed E-state index contributed by atoms with van der Waals surface area (Å²) in [5, 5.41) is 3.41. The molecule has 0 spiro atoms. The highest BCUT2D eigenvalue weighted by Gasteiger charge is 2.12. The van der Waals surface area contributed by atoms with E-state index in [0.29, 0.717) is 10.9 Å². The first-order valence-electron chi connectivity index (χ1n) is 8.62. The maximum absolute atomic E-state index is 12.1. The summed E-state index contributed by atoms with van der Waals surface area (Å²) in [5.74, 6) is 1.29. The van der Waals surface area contributed by atoms with Crippen LogP contribution in [0.25, 0.3) is 0 Å². The smallest absolute Gasteiger partial charge is 0.264 e. The van der Waals surface area contributed by atoms with E-state index in [1.807, 2.05) is 62.4 Å². The highest BCUT2D eigenvalue weighted by atomic mass is 32.1. The third-order valence-corrected chi connectivity index (χ3v) is 5.10. The van der Waals surface area contributed by atoms with Crippen LogP contribution in [0.4, 0.5) is 5.13 Å². The standard InChI is InChI=1S/C21H22N2O3S/c1-14-5-4-6-18(11-14)26-13-20(24)23-21-22-15(2)19(27-21)12-16-7-9-17(25-3)10-8-16/h4-11H,12-13H2,1-3H3,(H,22,23,24). The van der Waals surface area contributed by atoms with Crippen LogP contribution in [0.15, 0.2) is 48.5 Å². The van der Waals surface area contributed by atoms with Gasteiger partial charge in [0.15, 0.2) is 11.7 Å². The molecule has 0 radical (unpaired) electrons. The summed E-state index contributed by atoms with van der Waals surface area (Å²) in [4.78, 5) is 17.7. The third-order valence-electron chi connectivity index (χ3n) is 4.02. The SMILES string of the molecule is COc1ccc(Cc2sc(NC(=O)COc3cccc(C)c3)nc2C)cc1. The van der Waals surface area contributed by atoms with E-state index >= 15 is 0 Å². The first kappa shape index (κ1) is 18.9. The van der Waals surface area contributed by atoms with E-state index in [1.54, 1.807) is 7.11 Å². The number of nitrogens with zero attached hydrogens (tertiary/aromatic N) is 1. The molecule has 0 saturated heterocycles. The van der Waals surface area contributed by atoms with Crippen LogP contribution in [0.1, 0.15) is 21.7 Å². The number of anilines is 1. The maximum Gasteiger partial charge on any atom is 0.264 e. The van der Waals surface area contributed by atoms with Crippen molar-refractivity contribution in [3.8, 4) is 11.5 Å². The summed E-state index contributed by atoms with van der Waals surface area (Å²) in [7, 11) is 1.65. The molecule has 3 aromatic rings. The lowest BCUT2D eigenvalue weighted by atomic mass is 10.1. The molecule has 0 aliphatic carbocycles. The number of ether oxygens (including phenoxy) is 2. The Morgan fingerprint density at radius 3 is 2.59 bits per heavy atom. The van der Waals surface area contributed by atoms with Crippen molar-refractivity contribution in [2.75, 3.05) is 19.0 Å². The fourth-order valence-corrected chi connectivity index (χ4v) is 3.60. The second-order valence-corrected chi connectivity index (χ2v) is 7.29. The number of carbonyl (C=O) groups excluding carboxylic acids is 1. The lowest BCUT2D eigenvalue weighted by Gasteiger charge is -2.06. The van der Waals surface area contributed by atoms with Gasteiger partial charge in [-0.15, -0.1) is 11.3 Å². The van der Waals surface area contributed by atoms with Crippen molar-refractivity contribution in [2.45, 2.75) is 20.3 Å². The molecular weight excluding hydrogens is 360 g/mol. The van der Waals surface area contributed by atoms with E-state index in [0.717, 1.165) is 28.3 Å². The van der Waals surface area contributed by atoms with Crippen LogP contribution in [-0.4, -0.2) is 24.6 Å². The van der Waals surface area contributed by atoms with Gasteiger partial charge >= 0.3 is 0 Å². The van der Waals surface area contributed by atoms with Crippen molar-refractivity contribution < 1.29 is 14.3 Å². The molecule has 27 heavy (non-hydrogen) atoms. The molecule has 1 aromatic heterocycles. The molecule has 0 unspecified atom stereocenters. The van der Waals surface area contributed by atoms with Gasteiger partial charge in [0, 0.05) is 11.3 Å². The van der Waals surface area contributed by atoms with Crippen molar-refractivity contribution in [3.63, 3.8) is 0 Å². The minimum absolute atomic E-state index is 0.0457. The van der Waals surface area contributed by atoms with Crippen molar-refractivity contribution in [1.82, 2.24) is 4.98 Å². The fraction of sp³-hybridized carbons (Fsp3) is 0.238. The van der Waals surface area contributed by atoms with Gasteiger partial charge < -0.3 is 9.47 Å². The molecule has 0 saturated carbocycles. The lowest BCUT2D eigenvalue weighted by Crippen LogP contribution is -2.20. The minimum Gasteiger partial charge on any atom is -0.497 e. The quantitative estimate of drug-likeness (QED) is 0.659. The van der Waals surface area contributed by atoms with E-state index < -0.39 is 0 Å². The van der Waals surface area contributed by atoms with Crippen molar-refractivity contribution in [3.05, 3.63) is 70.2 Å². The molecule has 1 amide bonds. The molecule has 1 heterocycles. The zero-order valence-electron chi connectivity index (χ0n) is 15.6. The first-order valence-corrected chi connectivity index (χ1v) is 9.43. The number of hydrogen-bond donors (Lipinski definition) is 1. The van der Waals surface area contributed by atoms with Crippen LogP contribution in [-0.2, 0) is 11.2 Å². The Balaban J connectivity index is 1.57. The zero-order valence-corrected chi connectivity index (χ0v) is 16.4. The van der Waals surface area contributed by atoms with E-state index in [2.05, 4.69) is 10.3 Å². The van der Waals surface area contributed by atoms with Gasteiger partial charge in [-0.05, 0) is 49.2 Å². The zero-order chi connectivity index (χ0) is 19.2. The lowest BCUT2D eigenvalue weighted by molar-refractivity contribution is -0.118. The highest BCUT2D eigenvalue weighted by Crippen LogP contribution is 2.26. The van der Waals surface area contributed by atoms with Gasteiger partial charge in [0.05, 0.1) is 12.8 Å². The molecule has 3 rings (SSSR count). The Morgan fingerprint density at radius 1 is 1.11 bits per heavy atom. The fourth-order valence-electron chi connectivity index (χ4n) is 2.58. The van der Waals surface area contributed by atoms with Gasteiger partial charge in [0.25, 0.3) is 5.91 Å². The van der Waals surface area contributed by atoms with Gasteiger partial charge in [0.2, 0.25) is 0 Å². The van der Waals surface area contributed by atoms with Crippen molar-refractivity contribution in [1.29, 1.82) is 0 Å². The van der Waals surface area contributed by atoms with E-state index in [4.69, 9.17) is 9.47 Å². The van der Waals surface area contributed by atoms with E-state index in [9.17, 15) is 4.79 Å². The van der Waals surface area contributed by atoms with Gasteiger partial charge in [0.1, 0.15) is 11.5 Å². The molecule has 2 aromatic carbocycles. The topological polar surface area (TPSA) is 60.5 Å². The number of hydrogen-bond acceptors (Lipinski definition) is 5. The normalized spacial score (nSPS) is 10.5. The molecule has 0 aliphatic heterocycles. The number of carbonyl (C=O) groups is 1. The van der Waals surface area contributed by atoms with Crippen LogP contribution >= 0.6 is 11.3 Å². The van der Waals surface area contributed by atoms with Gasteiger partial charge in [-0.1, -0.05) is 24.3 Å². The summed E-state index contributed by atoms with van der Waals surface area (Å²) in [6.07, 6.45) is 0.767. The monoisotopic (exact) mass is 382 g/mol. The number of aryl methyl sites for hydroxylation is 2. The molecule has 140 valence electrons. The number of nitrogens with one attached hydrogen (secondary N) is 1. The molecule has 0 fully saturated rings. The average Bonchev–Trinajstić information content (AvgIpc) is 2.99. The Kier molecular flexibility index (Phi) is 6.08. The Hall–Kier alpha value is -2.86. The van der Waals surface area contributed by atoms with E-state index in [1.165, 1.54) is 16.9 Å². The predicted molar refractivity (Wildman–Crippen MR) is 108 cm³/mol. The minimum atomic E-state index is -0.221. The number of thiazole rings is 1. The van der Waals surface area contributed by atoms with Gasteiger partial charge in [-0.2, -0.15) is 0 Å². The molecule has 5 nitrogen and oxygen atoms in total. The van der Waals surface area contributed by atoms with Crippen molar-refractivity contribution in [2.24, 2.45) is 0 Å². The van der Waals surface area contributed by atoms with Crippen LogP contribution in [0.3, 0.4) is 0 Å². The third kappa shape index (κ3) is 5.31. The van der Waals surface area contributed by atoms with Crippen molar-refractivity contribution >= 4 is 22.4 Å². The average molecular weight is 382 g/mol. The Bertz CT molecular complexity index is 919. The largest absolute Gasteiger partial charge is 0.497 e. The Labute approximate surface area is 163 Å². The number of benzene rings is 2. The summed E-state index contributed by atoms with van der Waals surface area (Å²) < 4.78 is 10.7. The highest BCUT2D eigenvalue weighted by molar-refractivity contribution is 7.15. The molecule has 0 bridgehead atoms. The molecule has 6 heteroatoms. The number of rotatable bonds is 7. The molecular formula is C21H22N2O3S. The van der Waals surface area contributed by atoms with E-state index in [-0.39, 0.29) is 12.5 Å². The predicted octanol–water partition coefficient (Wildman–Crippen LogP) is 4.38. The molecule has 0 aliphatic rings.